The number of hydrogen-bond donors (Lipinski definition) is 1. The fourth-order valence-electron chi connectivity index (χ4n) is 2.63. The molecule has 0 bridgehead atoms. The first-order valence-electron chi connectivity index (χ1n) is 8.39. The lowest BCUT2D eigenvalue weighted by Crippen LogP contribution is -2.51. The highest BCUT2D eigenvalue weighted by Gasteiger charge is 2.20. The zero-order valence-corrected chi connectivity index (χ0v) is 14.8. The number of methoxy groups -OCH3 is 1. The van der Waals surface area contributed by atoms with E-state index in [2.05, 4.69) is 34.1 Å². The van der Waals surface area contributed by atoms with Gasteiger partial charge in [-0.05, 0) is 26.1 Å². The number of carbonyl (C=O) groups excluding carboxylic acids is 1. The Morgan fingerprint density at radius 3 is 2.79 bits per heavy atom. The molecule has 0 aliphatic carbocycles. The molecular formula is C17H28N4O3. The Kier molecular flexibility index (Phi) is 7.42. The predicted molar refractivity (Wildman–Crippen MR) is 92.5 cm³/mol. The second kappa shape index (κ2) is 9.56. The molecule has 1 aromatic rings. The van der Waals surface area contributed by atoms with E-state index in [1.165, 1.54) is 0 Å². The molecule has 24 heavy (non-hydrogen) atoms. The normalized spacial score (nSPS) is 17.5. The molecule has 1 amide bonds. The number of likely N-dealkylation sites (N-methyl/N-ethyl adjacent to an activating group) is 1. The lowest BCUT2D eigenvalue weighted by molar-refractivity contribution is 0.0895. The van der Waals surface area contributed by atoms with Crippen molar-refractivity contribution in [2.24, 2.45) is 0 Å². The fourth-order valence-corrected chi connectivity index (χ4v) is 2.63. The maximum absolute atomic E-state index is 12.4. The van der Waals surface area contributed by atoms with E-state index in [-0.39, 0.29) is 5.91 Å². The molecule has 1 atom stereocenters. The van der Waals surface area contributed by atoms with Crippen LogP contribution < -0.4 is 10.1 Å². The van der Waals surface area contributed by atoms with Gasteiger partial charge in [-0.2, -0.15) is 0 Å². The molecule has 7 nitrogen and oxygen atoms in total. The smallest absolute Gasteiger partial charge is 0.256 e. The Balaban J connectivity index is 1.85. The van der Waals surface area contributed by atoms with Gasteiger partial charge < -0.3 is 19.7 Å². The van der Waals surface area contributed by atoms with Gasteiger partial charge in [0.25, 0.3) is 5.91 Å². The van der Waals surface area contributed by atoms with E-state index in [0.29, 0.717) is 37.2 Å². The molecule has 2 heterocycles. The van der Waals surface area contributed by atoms with Crippen molar-refractivity contribution in [1.82, 2.24) is 20.1 Å². The van der Waals surface area contributed by atoms with Crippen LogP contribution >= 0.6 is 0 Å². The number of hydrogen-bond acceptors (Lipinski definition) is 6. The van der Waals surface area contributed by atoms with Crippen LogP contribution in [0.4, 0.5) is 0 Å². The Labute approximate surface area is 143 Å². The minimum atomic E-state index is -0.156. The highest BCUT2D eigenvalue weighted by atomic mass is 16.5. The van der Waals surface area contributed by atoms with Gasteiger partial charge in [-0.3, -0.25) is 9.69 Å². The monoisotopic (exact) mass is 336 g/mol. The largest absolute Gasteiger partial charge is 0.475 e. The molecule has 7 heteroatoms. The van der Waals surface area contributed by atoms with E-state index in [1.54, 1.807) is 25.4 Å². The molecule has 1 aliphatic rings. The van der Waals surface area contributed by atoms with Gasteiger partial charge in [-0.25, -0.2) is 4.98 Å². The van der Waals surface area contributed by atoms with Crippen LogP contribution in [0.3, 0.4) is 0 Å². The lowest BCUT2D eigenvalue weighted by Gasteiger charge is -2.36. The van der Waals surface area contributed by atoms with E-state index in [0.717, 1.165) is 26.2 Å². The zero-order chi connectivity index (χ0) is 17.4. The van der Waals surface area contributed by atoms with E-state index in [9.17, 15) is 4.79 Å². The number of ether oxygens (including phenoxy) is 2. The van der Waals surface area contributed by atoms with Crippen molar-refractivity contribution < 1.29 is 14.3 Å². The molecule has 0 spiro atoms. The summed E-state index contributed by atoms with van der Waals surface area (Å²) >= 11 is 0. The molecule has 134 valence electrons. The van der Waals surface area contributed by atoms with Crippen LogP contribution in [0.15, 0.2) is 18.3 Å². The van der Waals surface area contributed by atoms with Crippen LogP contribution in [0.1, 0.15) is 17.3 Å². The third kappa shape index (κ3) is 5.43. The Morgan fingerprint density at radius 2 is 2.08 bits per heavy atom. The fraction of sp³-hybridized carbons (Fsp3) is 0.647. The van der Waals surface area contributed by atoms with Crippen LogP contribution in [-0.4, -0.2) is 86.8 Å². The average molecular weight is 336 g/mol. The summed E-state index contributed by atoms with van der Waals surface area (Å²) in [4.78, 5) is 21.3. The van der Waals surface area contributed by atoms with Crippen LogP contribution in [0.25, 0.3) is 0 Å². The molecule has 2 rings (SSSR count). The number of nitrogens with zero attached hydrogens (tertiary/aromatic N) is 3. The van der Waals surface area contributed by atoms with Crippen LogP contribution in [0.5, 0.6) is 5.88 Å². The summed E-state index contributed by atoms with van der Waals surface area (Å²) in [5.41, 5.74) is 0.458. The third-order valence-electron chi connectivity index (χ3n) is 4.26. The van der Waals surface area contributed by atoms with Gasteiger partial charge in [-0.1, -0.05) is 0 Å². The van der Waals surface area contributed by atoms with Crippen molar-refractivity contribution >= 4 is 5.91 Å². The van der Waals surface area contributed by atoms with Gasteiger partial charge >= 0.3 is 0 Å². The average Bonchev–Trinajstić information content (AvgIpc) is 2.60. The van der Waals surface area contributed by atoms with Gasteiger partial charge in [-0.15, -0.1) is 0 Å². The number of amides is 1. The molecular weight excluding hydrogens is 308 g/mol. The summed E-state index contributed by atoms with van der Waals surface area (Å²) in [7, 11) is 3.74. The number of rotatable bonds is 8. The topological polar surface area (TPSA) is 66.9 Å². The highest BCUT2D eigenvalue weighted by Crippen LogP contribution is 2.14. The molecule has 0 radical (unpaired) electrons. The summed E-state index contributed by atoms with van der Waals surface area (Å²) < 4.78 is 10.5. The maximum Gasteiger partial charge on any atom is 0.256 e. The third-order valence-corrected chi connectivity index (χ3v) is 4.26. The van der Waals surface area contributed by atoms with Crippen LogP contribution in [0, 0.1) is 0 Å². The standard InChI is InChI=1S/C17H28N4O3/c1-14(21-9-7-20(2)8-10-21)13-19-16(22)15-5-4-6-18-17(15)24-12-11-23-3/h4-6,14H,7-13H2,1-3H3,(H,19,22)/t14-/m0/s1. The van der Waals surface area contributed by atoms with Crippen molar-refractivity contribution in [2.45, 2.75) is 13.0 Å². The lowest BCUT2D eigenvalue weighted by atomic mass is 10.2. The Bertz CT molecular complexity index is 518. The maximum atomic E-state index is 12.4. The molecule has 1 fully saturated rings. The highest BCUT2D eigenvalue weighted by molar-refractivity contribution is 5.96. The number of carbonyl (C=O) groups is 1. The molecule has 0 aromatic carbocycles. The second-order valence-electron chi connectivity index (χ2n) is 6.10. The minimum absolute atomic E-state index is 0.156. The molecule has 1 aliphatic heterocycles. The predicted octanol–water partition coefficient (Wildman–Crippen LogP) is 0.473. The van der Waals surface area contributed by atoms with E-state index in [4.69, 9.17) is 9.47 Å². The molecule has 1 saturated heterocycles. The molecule has 0 saturated carbocycles. The SMILES string of the molecule is COCCOc1ncccc1C(=O)NC[C@H](C)N1CCN(C)CC1. The van der Waals surface area contributed by atoms with E-state index in [1.807, 2.05) is 0 Å². The summed E-state index contributed by atoms with van der Waals surface area (Å²) in [6.07, 6.45) is 1.62. The van der Waals surface area contributed by atoms with Crippen molar-refractivity contribution in [1.29, 1.82) is 0 Å². The summed E-state index contributed by atoms with van der Waals surface area (Å²) in [6, 6.07) is 3.77. The number of nitrogens with one attached hydrogen (secondary N) is 1. The first-order valence-corrected chi connectivity index (χ1v) is 8.39. The minimum Gasteiger partial charge on any atom is -0.475 e. The Morgan fingerprint density at radius 1 is 1.33 bits per heavy atom. The number of piperazine rings is 1. The van der Waals surface area contributed by atoms with Gasteiger partial charge in [0, 0.05) is 52.1 Å². The second-order valence-corrected chi connectivity index (χ2v) is 6.10. The van der Waals surface area contributed by atoms with Crippen LogP contribution in [-0.2, 0) is 4.74 Å². The van der Waals surface area contributed by atoms with Crippen molar-refractivity contribution in [3.8, 4) is 5.88 Å². The van der Waals surface area contributed by atoms with Crippen molar-refractivity contribution in [2.75, 3.05) is 60.1 Å². The van der Waals surface area contributed by atoms with E-state index < -0.39 is 0 Å². The zero-order valence-electron chi connectivity index (χ0n) is 14.8. The quantitative estimate of drug-likeness (QED) is 0.696. The summed E-state index contributed by atoms with van der Waals surface area (Å²) in [6.45, 7) is 7.78. The van der Waals surface area contributed by atoms with Gasteiger partial charge in [0.2, 0.25) is 5.88 Å². The van der Waals surface area contributed by atoms with Crippen molar-refractivity contribution in [3.05, 3.63) is 23.9 Å². The number of aromatic nitrogens is 1. The van der Waals surface area contributed by atoms with Gasteiger partial charge in [0.05, 0.1) is 6.61 Å². The Hall–Kier alpha value is -1.70. The molecule has 1 aromatic heterocycles. The summed E-state index contributed by atoms with van der Waals surface area (Å²) in [5.74, 6) is 0.191. The number of pyridine rings is 1. The first-order chi connectivity index (χ1) is 11.6. The van der Waals surface area contributed by atoms with Gasteiger partial charge in [0.1, 0.15) is 12.2 Å². The first kappa shape index (κ1) is 18.6. The molecule has 1 N–H and O–H groups in total. The van der Waals surface area contributed by atoms with Crippen LogP contribution in [0.2, 0.25) is 0 Å². The molecule has 0 unspecified atom stereocenters. The summed E-state index contributed by atoms with van der Waals surface area (Å²) in [5, 5.41) is 2.99. The van der Waals surface area contributed by atoms with E-state index >= 15 is 0 Å². The van der Waals surface area contributed by atoms with Crippen molar-refractivity contribution in [3.63, 3.8) is 0 Å². The van der Waals surface area contributed by atoms with Gasteiger partial charge in [0.15, 0.2) is 0 Å².